The van der Waals surface area contributed by atoms with Gasteiger partial charge in [0.15, 0.2) is 0 Å². The molecule has 0 aromatic carbocycles. The van der Waals surface area contributed by atoms with Crippen LogP contribution in [-0.4, -0.2) is 33.6 Å². The number of aliphatic hydroxyl groups excluding tert-OH is 3. The number of unbranched alkanes of at least 4 members (excludes halogenated alkanes) is 2. The van der Waals surface area contributed by atoms with E-state index in [0.29, 0.717) is 6.42 Å². The van der Waals surface area contributed by atoms with Crippen LogP contribution < -0.4 is 0 Å². The number of aliphatic hydroxyl groups is 3. The second-order valence-electron chi connectivity index (χ2n) is 6.20. The van der Waals surface area contributed by atoms with Crippen molar-refractivity contribution >= 4 is 0 Å². The van der Waals surface area contributed by atoms with Crippen LogP contribution in [0.2, 0.25) is 0 Å². The highest BCUT2D eigenvalue weighted by molar-refractivity contribution is 5.06. The first-order valence-corrected chi connectivity index (χ1v) is 8.47. The maximum atomic E-state index is 10.1. The third-order valence-corrected chi connectivity index (χ3v) is 4.36. The fourth-order valence-electron chi connectivity index (χ4n) is 3.05. The van der Waals surface area contributed by atoms with Crippen LogP contribution in [0.1, 0.15) is 58.8 Å². The van der Waals surface area contributed by atoms with E-state index in [9.17, 15) is 15.3 Å². The van der Waals surface area contributed by atoms with Gasteiger partial charge in [-0.05, 0) is 25.2 Å². The van der Waals surface area contributed by atoms with E-state index in [1.54, 1.807) is 6.08 Å². The first-order valence-electron chi connectivity index (χ1n) is 8.47. The molecule has 21 heavy (non-hydrogen) atoms. The van der Waals surface area contributed by atoms with Crippen LogP contribution in [-0.2, 0) is 0 Å². The minimum absolute atomic E-state index is 0.0534. The Balaban J connectivity index is 2.55. The van der Waals surface area contributed by atoms with Gasteiger partial charge in [-0.25, -0.2) is 0 Å². The van der Waals surface area contributed by atoms with E-state index in [1.807, 2.05) is 13.0 Å². The molecule has 0 aromatic heterocycles. The lowest BCUT2D eigenvalue weighted by atomic mass is 9.89. The largest absolute Gasteiger partial charge is 0.393 e. The highest BCUT2D eigenvalue weighted by Crippen LogP contribution is 2.36. The molecule has 3 nitrogen and oxygen atoms in total. The Kier molecular flexibility index (Phi) is 8.90. The maximum Gasteiger partial charge on any atom is 0.0720 e. The lowest BCUT2D eigenvalue weighted by Crippen LogP contribution is -2.20. The number of hydrogen-bond donors (Lipinski definition) is 3. The molecule has 122 valence electrons. The van der Waals surface area contributed by atoms with Gasteiger partial charge in [0.1, 0.15) is 0 Å². The Morgan fingerprint density at radius 1 is 1.10 bits per heavy atom. The summed E-state index contributed by atoms with van der Waals surface area (Å²) in [7, 11) is 0. The maximum absolute atomic E-state index is 10.1. The van der Waals surface area contributed by atoms with Crippen molar-refractivity contribution in [1.29, 1.82) is 0 Å². The monoisotopic (exact) mass is 296 g/mol. The summed E-state index contributed by atoms with van der Waals surface area (Å²) < 4.78 is 0. The van der Waals surface area contributed by atoms with Gasteiger partial charge >= 0.3 is 0 Å². The van der Waals surface area contributed by atoms with Crippen LogP contribution in [0, 0.1) is 11.8 Å². The molecular formula is C18H32O3. The quantitative estimate of drug-likeness (QED) is 0.452. The molecular weight excluding hydrogens is 264 g/mol. The van der Waals surface area contributed by atoms with Gasteiger partial charge in [-0.3, -0.25) is 0 Å². The van der Waals surface area contributed by atoms with Crippen molar-refractivity contribution < 1.29 is 15.3 Å². The van der Waals surface area contributed by atoms with E-state index < -0.39 is 18.3 Å². The van der Waals surface area contributed by atoms with Crippen molar-refractivity contribution in [3.63, 3.8) is 0 Å². The van der Waals surface area contributed by atoms with Gasteiger partial charge in [-0.15, -0.1) is 0 Å². The third kappa shape index (κ3) is 6.33. The summed E-state index contributed by atoms with van der Waals surface area (Å²) >= 11 is 0. The van der Waals surface area contributed by atoms with Gasteiger partial charge in [0.2, 0.25) is 0 Å². The van der Waals surface area contributed by atoms with E-state index in [0.717, 1.165) is 25.7 Å². The molecule has 1 saturated carbocycles. The predicted octanol–water partition coefficient (Wildman–Crippen LogP) is 3.20. The van der Waals surface area contributed by atoms with Gasteiger partial charge in [0.25, 0.3) is 0 Å². The summed E-state index contributed by atoms with van der Waals surface area (Å²) in [6.07, 6.45) is 13.0. The molecule has 0 radical (unpaired) electrons. The normalized spacial score (nSPS) is 31.5. The summed E-state index contributed by atoms with van der Waals surface area (Å²) in [5.41, 5.74) is 0. The van der Waals surface area contributed by atoms with Crippen molar-refractivity contribution in [2.75, 3.05) is 0 Å². The van der Waals surface area contributed by atoms with Crippen molar-refractivity contribution in [2.45, 2.75) is 77.1 Å². The Labute approximate surface area is 129 Å². The SMILES string of the molecule is CCCC/C=C\C[C@H]1[C@@H](O)CC(O)[C@@H]1/C=C/C(O)CCC. The molecule has 1 rings (SSSR count). The number of rotatable bonds is 9. The number of hydrogen-bond acceptors (Lipinski definition) is 3. The van der Waals surface area contributed by atoms with Gasteiger partial charge in [0, 0.05) is 12.3 Å². The van der Waals surface area contributed by atoms with Crippen molar-refractivity contribution in [1.82, 2.24) is 0 Å². The molecule has 1 aliphatic carbocycles. The van der Waals surface area contributed by atoms with Crippen molar-refractivity contribution in [2.24, 2.45) is 11.8 Å². The Morgan fingerprint density at radius 3 is 2.52 bits per heavy atom. The van der Waals surface area contributed by atoms with E-state index >= 15 is 0 Å². The van der Waals surface area contributed by atoms with Gasteiger partial charge in [0.05, 0.1) is 18.3 Å². The molecule has 2 unspecified atom stereocenters. The second-order valence-corrected chi connectivity index (χ2v) is 6.20. The lowest BCUT2D eigenvalue weighted by Gasteiger charge is -2.19. The van der Waals surface area contributed by atoms with E-state index in [-0.39, 0.29) is 11.8 Å². The molecule has 3 heteroatoms. The van der Waals surface area contributed by atoms with Crippen LogP contribution >= 0.6 is 0 Å². The summed E-state index contributed by atoms with van der Waals surface area (Å²) in [6, 6.07) is 0. The zero-order valence-corrected chi connectivity index (χ0v) is 13.5. The molecule has 3 N–H and O–H groups in total. The Morgan fingerprint density at radius 2 is 1.86 bits per heavy atom. The minimum Gasteiger partial charge on any atom is -0.393 e. The summed E-state index contributed by atoms with van der Waals surface area (Å²) in [4.78, 5) is 0. The molecule has 0 heterocycles. The molecule has 0 amide bonds. The highest BCUT2D eigenvalue weighted by atomic mass is 16.3. The topological polar surface area (TPSA) is 60.7 Å². The van der Waals surface area contributed by atoms with Gasteiger partial charge in [-0.1, -0.05) is 57.4 Å². The minimum atomic E-state index is -0.501. The van der Waals surface area contributed by atoms with Crippen LogP contribution in [0.3, 0.4) is 0 Å². The standard InChI is InChI=1S/C18H32O3/c1-3-5-6-7-8-10-15-16(18(21)13-17(15)20)12-11-14(19)9-4-2/h7-8,11-12,14-21H,3-6,9-10,13H2,1-2H3/b8-7-,12-11+/t14?,15-,16-,17+,18?/m1/s1. The molecule has 0 aromatic rings. The van der Waals surface area contributed by atoms with Crippen LogP contribution in [0.15, 0.2) is 24.3 Å². The molecule has 0 bridgehead atoms. The lowest BCUT2D eigenvalue weighted by molar-refractivity contribution is 0.120. The summed E-state index contributed by atoms with van der Waals surface area (Å²) in [5, 5.41) is 30.0. The average molecular weight is 296 g/mol. The molecule has 0 spiro atoms. The zero-order chi connectivity index (χ0) is 15.7. The Bertz CT molecular complexity index is 324. The summed E-state index contributed by atoms with van der Waals surface area (Å²) in [5.74, 6) is 0.00489. The first kappa shape index (κ1) is 18.4. The fourth-order valence-corrected chi connectivity index (χ4v) is 3.05. The van der Waals surface area contributed by atoms with Crippen LogP contribution in [0.4, 0.5) is 0 Å². The molecule has 0 aliphatic heterocycles. The average Bonchev–Trinajstić information content (AvgIpc) is 2.71. The predicted molar refractivity (Wildman–Crippen MR) is 86.9 cm³/mol. The molecule has 5 atom stereocenters. The van der Waals surface area contributed by atoms with Crippen LogP contribution in [0.25, 0.3) is 0 Å². The summed E-state index contributed by atoms with van der Waals surface area (Å²) in [6.45, 7) is 4.21. The molecule has 1 aliphatic rings. The third-order valence-electron chi connectivity index (χ3n) is 4.36. The number of allylic oxidation sites excluding steroid dienone is 2. The zero-order valence-electron chi connectivity index (χ0n) is 13.5. The van der Waals surface area contributed by atoms with Crippen molar-refractivity contribution in [3.05, 3.63) is 24.3 Å². The van der Waals surface area contributed by atoms with Gasteiger partial charge in [-0.2, -0.15) is 0 Å². The highest BCUT2D eigenvalue weighted by Gasteiger charge is 2.39. The molecule has 1 fully saturated rings. The van der Waals surface area contributed by atoms with Crippen molar-refractivity contribution in [3.8, 4) is 0 Å². The van der Waals surface area contributed by atoms with E-state index in [1.165, 1.54) is 12.8 Å². The first-order chi connectivity index (χ1) is 10.1. The van der Waals surface area contributed by atoms with E-state index in [2.05, 4.69) is 19.1 Å². The smallest absolute Gasteiger partial charge is 0.0720 e. The van der Waals surface area contributed by atoms with Gasteiger partial charge < -0.3 is 15.3 Å². The van der Waals surface area contributed by atoms with E-state index in [4.69, 9.17) is 0 Å². The Hall–Kier alpha value is -0.640. The van der Waals surface area contributed by atoms with Crippen LogP contribution in [0.5, 0.6) is 0 Å². The fraction of sp³-hybridized carbons (Fsp3) is 0.778. The molecule has 0 saturated heterocycles. The second kappa shape index (κ2) is 10.1.